The van der Waals surface area contributed by atoms with Gasteiger partial charge in [0.05, 0.1) is 5.69 Å². The number of nitrogens with one attached hydrogen (secondary N) is 1. The Labute approximate surface area is 222 Å². The Hall–Kier alpha value is -4.92. The third-order valence-corrected chi connectivity index (χ3v) is 6.10. The van der Waals surface area contributed by atoms with E-state index >= 15 is 0 Å². The van der Waals surface area contributed by atoms with Crippen LogP contribution in [0.25, 0.3) is 28.2 Å². The molecule has 0 aliphatic rings. The fourth-order valence-corrected chi connectivity index (χ4v) is 4.16. The SMILES string of the molecule is Cc1ccccc1-c1ccccc1C(=O)NCc1ccc(-c2ncn(-c3ccc(OC(F)(F)F)cc3)n2)cc1. The summed E-state index contributed by atoms with van der Waals surface area (Å²) in [6.07, 6.45) is -3.27. The molecule has 1 heterocycles. The van der Waals surface area contributed by atoms with E-state index in [0.717, 1.165) is 27.8 Å². The minimum Gasteiger partial charge on any atom is -0.406 e. The number of aryl methyl sites for hydroxylation is 1. The van der Waals surface area contributed by atoms with Gasteiger partial charge in [0, 0.05) is 17.7 Å². The average Bonchev–Trinajstić information content (AvgIpc) is 3.42. The molecule has 0 atom stereocenters. The zero-order valence-electron chi connectivity index (χ0n) is 20.8. The summed E-state index contributed by atoms with van der Waals surface area (Å²) in [6.45, 7) is 2.36. The highest BCUT2D eigenvalue weighted by atomic mass is 19.4. The molecule has 0 unspecified atom stereocenters. The summed E-state index contributed by atoms with van der Waals surface area (Å²) >= 11 is 0. The van der Waals surface area contributed by atoms with Gasteiger partial charge in [-0.25, -0.2) is 9.67 Å². The smallest absolute Gasteiger partial charge is 0.406 e. The highest BCUT2D eigenvalue weighted by molar-refractivity contribution is 6.01. The van der Waals surface area contributed by atoms with Gasteiger partial charge >= 0.3 is 6.36 Å². The molecule has 0 radical (unpaired) electrons. The topological polar surface area (TPSA) is 69.0 Å². The molecule has 6 nitrogen and oxygen atoms in total. The van der Waals surface area contributed by atoms with E-state index in [1.165, 1.54) is 35.3 Å². The summed E-state index contributed by atoms with van der Waals surface area (Å²) in [6, 6.07) is 28.3. The number of aromatic nitrogens is 3. The van der Waals surface area contributed by atoms with Crippen molar-refractivity contribution < 1.29 is 22.7 Å². The largest absolute Gasteiger partial charge is 0.573 e. The second kappa shape index (κ2) is 10.8. The number of hydrogen-bond acceptors (Lipinski definition) is 4. The molecule has 0 bridgehead atoms. The van der Waals surface area contributed by atoms with Gasteiger partial charge in [-0.15, -0.1) is 18.3 Å². The first kappa shape index (κ1) is 25.7. The van der Waals surface area contributed by atoms with Gasteiger partial charge in [-0.1, -0.05) is 66.7 Å². The number of rotatable bonds is 7. The Morgan fingerprint density at radius 2 is 1.54 bits per heavy atom. The maximum atomic E-state index is 13.0. The van der Waals surface area contributed by atoms with E-state index in [2.05, 4.69) is 20.1 Å². The van der Waals surface area contributed by atoms with Gasteiger partial charge in [0.25, 0.3) is 5.91 Å². The molecule has 39 heavy (non-hydrogen) atoms. The predicted octanol–water partition coefficient (Wildman–Crippen LogP) is 6.74. The molecule has 0 fully saturated rings. The molecule has 1 N–H and O–H groups in total. The molecule has 5 aromatic rings. The molecule has 0 saturated heterocycles. The van der Waals surface area contributed by atoms with Crippen LogP contribution in [0.4, 0.5) is 13.2 Å². The summed E-state index contributed by atoms with van der Waals surface area (Å²) < 4.78 is 42.5. The van der Waals surface area contributed by atoms with Gasteiger partial charge < -0.3 is 10.1 Å². The number of carbonyl (C=O) groups is 1. The third kappa shape index (κ3) is 6.15. The molecule has 5 rings (SSSR count). The minimum atomic E-state index is -4.75. The van der Waals surface area contributed by atoms with Crippen LogP contribution in [0, 0.1) is 6.92 Å². The Balaban J connectivity index is 1.24. The van der Waals surface area contributed by atoms with Crippen molar-refractivity contribution in [2.45, 2.75) is 19.8 Å². The normalized spacial score (nSPS) is 11.3. The summed E-state index contributed by atoms with van der Waals surface area (Å²) in [5, 5.41) is 7.41. The van der Waals surface area contributed by atoms with Crippen LogP contribution < -0.4 is 10.1 Å². The fraction of sp³-hybridized carbons (Fsp3) is 0.100. The lowest BCUT2D eigenvalue weighted by molar-refractivity contribution is -0.274. The number of benzene rings is 4. The first-order valence-corrected chi connectivity index (χ1v) is 12.1. The van der Waals surface area contributed by atoms with Crippen LogP contribution in [-0.2, 0) is 6.54 Å². The van der Waals surface area contributed by atoms with E-state index in [1.807, 2.05) is 79.7 Å². The molecule has 196 valence electrons. The summed E-state index contributed by atoms with van der Waals surface area (Å²) in [4.78, 5) is 17.3. The van der Waals surface area contributed by atoms with E-state index in [-0.39, 0.29) is 11.7 Å². The van der Waals surface area contributed by atoms with E-state index in [4.69, 9.17) is 0 Å². The Morgan fingerprint density at radius 1 is 0.872 bits per heavy atom. The van der Waals surface area contributed by atoms with E-state index < -0.39 is 6.36 Å². The standard InChI is InChI=1S/C30H23F3N4O2/c1-20-6-2-3-7-25(20)26-8-4-5-9-27(26)29(38)34-18-21-10-12-22(13-11-21)28-35-19-37(36-28)23-14-16-24(17-15-23)39-30(31,32)33/h2-17,19H,18H2,1H3,(H,34,38). The van der Waals surface area contributed by atoms with Crippen molar-refractivity contribution in [1.82, 2.24) is 20.1 Å². The van der Waals surface area contributed by atoms with Crippen LogP contribution in [0.15, 0.2) is 103 Å². The molecule has 4 aromatic carbocycles. The third-order valence-electron chi connectivity index (χ3n) is 6.10. The van der Waals surface area contributed by atoms with Gasteiger partial charge in [-0.2, -0.15) is 0 Å². The zero-order chi connectivity index (χ0) is 27.4. The van der Waals surface area contributed by atoms with Crippen LogP contribution in [-0.4, -0.2) is 27.0 Å². The molecule has 1 aromatic heterocycles. The van der Waals surface area contributed by atoms with Crippen molar-refractivity contribution in [3.05, 3.63) is 120 Å². The minimum absolute atomic E-state index is 0.162. The quantitative estimate of drug-likeness (QED) is 0.254. The van der Waals surface area contributed by atoms with Crippen molar-refractivity contribution in [2.24, 2.45) is 0 Å². The summed E-state index contributed by atoms with van der Waals surface area (Å²) in [5.74, 6) is -0.0220. The molecular weight excluding hydrogens is 505 g/mol. The summed E-state index contributed by atoms with van der Waals surface area (Å²) in [7, 11) is 0. The Morgan fingerprint density at radius 3 is 2.23 bits per heavy atom. The van der Waals surface area contributed by atoms with Gasteiger partial charge in [0.15, 0.2) is 5.82 Å². The van der Waals surface area contributed by atoms with Gasteiger partial charge in [0.1, 0.15) is 12.1 Å². The van der Waals surface area contributed by atoms with Crippen molar-refractivity contribution in [1.29, 1.82) is 0 Å². The molecular formula is C30H23F3N4O2. The van der Waals surface area contributed by atoms with Crippen molar-refractivity contribution >= 4 is 5.91 Å². The molecule has 0 spiro atoms. The van der Waals surface area contributed by atoms with Gasteiger partial charge in [-0.3, -0.25) is 4.79 Å². The molecule has 9 heteroatoms. The second-order valence-corrected chi connectivity index (χ2v) is 8.79. The maximum absolute atomic E-state index is 13.0. The van der Waals surface area contributed by atoms with E-state index in [0.29, 0.717) is 23.6 Å². The average molecular weight is 529 g/mol. The number of nitrogens with zero attached hydrogens (tertiary/aromatic N) is 3. The van der Waals surface area contributed by atoms with Crippen LogP contribution >= 0.6 is 0 Å². The van der Waals surface area contributed by atoms with Gasteiger partial charge in [-0.05, 0) is 59.5 Å². The van der Waals surface area contributed by atoms with Crippen LogP contribution in [0.3, 0.4) is 0 Å². The summed E-state index contributed by atoms with van der Waals surface area (Å²) in [5.41, 5.74) is 5.80. The maximum Gasteiger partial charge on any atom is 0.573 e. The lowest BCUT2D eigenvalue weighted by atomic mass is 9.95. The number of amides is 1. The number of halogens is 3. The lowest BCUT2D eigenvalue weighted by Gasteiger charge is -2.12. The van der Waals surface area contributed by atoms with E-state index in [1.54, 1.807) is 0 Å². The first-order valence-electron chi connectivity index (χ1n) is 12.1. The van der Waals surface area contributed by atoms with Crippen molar-refractivity contribution in [2.75, 3.05) is 0 Å². The van der Waals surface area contributed by atoms with E-state index in [9.17, 15) is 18.0 Å². The zero-order valence-corrected chi connectivity index (χ0v) is 20.8. The highest BCUT2D eigenvalue weighted by Gasteiger charge is 2.31. The molecule has 0 aliphatic carbocycles. The monoisotopic (exact) mass is 528 g/mol. The lowest BCUT2D eigenvalue weighted by Crippen LogP contribution is -2.23. The number of carbonyl (C=O) groups excluding carboxylic acids is 1. The molecule has 0 saturated carbocycles. The number of hydrogen-bond donors (Lipinski definition) is 1. The second-order valence-electron chi connectivity index (χ2n) is 8.79. The highest BCUT2D eigenvalue weighted by Crippen LogP contribution is 2.27. The number of ether oxygens (including phenoxy) is 1. The van der Waals surface area contributed by atoms with Crippen molar-refractivity contribution in [3.63, 3.8) is 0 Å². The van der Waals surface area contributed by atoms with Crippen LogP contribution in [0.1, 0.15) is 21.5 Å². The van der Waals surface area contributed by atoms with Crippen LogP contribution in [0.5, 0.6) is 5.75 Å². The Bertz CT molecular complexity index is 1590. The van der Waals surface area contributed by atoms with Crippen LogP contribution in [0.2, 0.25) is 0 Å². The van der Waals surface area contributed by atoms with Gasteiger partial charge in [0.2, 0.25) is 0 Å². The molecule has 1 amide bonds. The fourth-order valence-electron chi connectivity index (χ4n) is 4.16. The first-order chi connectivity index (χ1) is 18.8. The predicted molar refractivity (Wildman–Crippen MR) is 141 cm³/mol. The molecule has 0 aliphatic heterocycles. The van der Waals surface area contributed by atoms with Crippen molar-refractivity contribution in [3.8, 4) is 34.0 Å². The number of alkyl halides is 3. The Kier molecular flexibility index (Phi) is 7.14.